The van der Waals surface area contributed by atoms with Crippen LogP contribution in [0, 0.1) is 5.92 Å². The first-order chi connectivity index (χ1) is 12.2. The fraction of sp³-hybridized carbons (Fsp3) is 0.550. The Morgan fingerprint density at radius 3 is 2.72 bits per heavy atom. The quantitative estimate of drug-likeness (QED) is 0.861. The molecule has 0 radical (unpaired) electrons. The van der Waals surface area contributed by atoms with Crippen molar-refractivity contribution in [1.82, 2.24) is 14.4 Å². The number of carbonyl (C=O) groups is 1. The third-order valence-corrected chi connectivity index (χ3v) is 5.72. The summed E-state index contributed by atoms with van der Waals surface area (Å²) in [4.78, 5) is 17.8. The van der Waals surface area contributed by atoms with E-state index in [1.807, 2.05) is 23.1 Å². The first kappa shape index (κ1) is 16.6. The molecule has 0 bridgehead atoms. The molecule has 134 valence electrons. The number of aryl methyl sites for hydroxylation is 1. The molecule has 4 rings (SSSR count). The number of benzene rings is 1. The van der Waals surface area contributed by atoms with Crippen LogP contribution in [0.1, 0.15) is 24.3 Å². The molecule has 2 unspecified atom stereocenters. The number of morpholine rings is 1. The SMILES string of the molecule is CCn1c(C(=O)N2CC(C)C(N3CCOCC3)C2)cc2ccccc21. The van der Waals surface area contributed by atoms with Crippen LogP contribution in [0.2, 0.25) is 0 Å². The molecule has 0 spiro atoms. The van der Waals surface area contributed by atoms with Crippen molar-refractivity contribution in [3.05, 3.63) is 36.0 Å². The van der Waals surface area contributed by atoms with Crippen LogP contribution in [0.4, 0.5) is 0 Å². The molecule has 1 aromatic carbocycles. The lowest BCUT2D eigenvalue weighted by Crippen LogP contribution is -2.47. The molecule has 2 saturated heterocycles. The van der Waals surface area contributed by atoms with Crippen molar-refractivity contribution in [2.24, 2.45) is 5.92 Å². The van der Waals surface area contributed by atoms with E-state index in [0.29, 0.717) is 12.0 Å². The van der Waals surface area contributed by atoms with Crippen LogP contribution in [0.15, 0.2) is 30.3 Å². The average Bonchev–Trinajstić information content (AvgIpc) is 3.22. The Balaban J connectivity index is 1.57. The Labute approximate surface area is 149 Å². The molecule has 2 aliphatic heterocycles. The van der Waals surface area contributed by atoms with Gasteiger partial charge in [-0.25, -0.2) is 0 Å². The third-order valence-electron chi connectivity index (χ3n) is 5.72. The van der Waals surface area contributed by atoms with Gasteiger partial charge in [0.05, 0.1) is 13.2 Å². The number of hydrogen-bond acceptors (Lipinski definition) is 3. The van der Waals surface area contributed by atoms with E-state index in [2.05, 4.69) is 35.4 Å². The van der Waals surface area contributed by atoms with Crippen molar-refractivity contribution in [2.45, 2.75) is 26.4 Å². The van der Waals surface area contributed by atoms with E-state index < -0.39 is 0 Å². The van der Waals surface area contributed by atoms with Gasteiger partial charge in [-0.1, -0.05) is 25.1 Å². The minimum Gasteiger partial charge on any atom is -0.379 e. The average molecular weight is 341 g/mol. The second kappa shape index (κ2) is 6.81. The van der Waals surface area contributed by atoms with Crippen molar-refractivity contribution in [2.75, 3.05) is 39.4 Å². The minimum absolute atomic E-state index is 0.167. The number of nitrogens with zero attached hydrogens (tertiary/aromatic N) is 3. The van der Waals surface area contributed by atoms with Crippen LogP contribution in [0.5, 0.6) is 0 Å². The largest absolute Gasteiger partial charge is 0.379 e. The molecular weight excluding hydrogens is 314 g/mol. The number of likely N-dealkylation sites (tertiary alicyclic amines) is 1. The van der Waals surface area contributed by atoms with Gasteiger partial charge in [0.25, 0.3) is 5.91 Å². The van der Waals surface area contributed by atoms with Gasteiger partial charge in [-0.15, -0.1) is 0 Å². The molecular formula is C20H27N3O2. The molecule has 2 aromatic rings. The summed E-state index contributed by atoms with van der Waals surface area (Å²) in [7, 11) is 0. The molecule has 1 aromatic heterocycles. The maximum absolute atomic E-state index is 13.2. The second-order valence-electron chi connectivity index (χ2n) is 7.24. The molecule has 5 heteroatoms. The van der Waals surface area contributed by atoms with Gasteiger partial charge in [-0.3, -0.25) is 9.69 Å². The molecule has 25 heavy (non-hydrogen) atoms. The fourth-order valence-electron chi connectivity index (χ4n) is 4.39. The lowest BCUT2D eigenvalue weighted by molar-refractivity contribution is 0.0119. The summed E-state index contributed by atoms with van der Waals surface area (Å²) >= 11 is 0. The van der Waals surface area contributed by atoms with Crippen molar-refractivity contribution in [3.8, 4) is 0 Å². The van der Waals surface area contributed by atoms with Crippen LogP contribution in [-0.2, 0) is 11.3 Å². The van der Waals surface area contributed by atoms with Gasteiger partial charge in [0, 0.05) is 49.7 Å². The minimum atomic E-state index is 0.167. The predicted molar refractivity (Wildman–Crippen MR) is 98.9 cm³/mol. The van der Waals surface area contributed by atoms with Crippen LogP contribution < -0.4 is 0 Å². The molecule has 5 nitrogen and oxygen atoms in total. The topological polar surface area (TPSA) is 37.7 Å². The van der Waals surface area contributed by atoms with Gasteiger partial charge in [-0.05, 0) is 25.0 Å². The molecule has 0 aliphatic carbocycles. The Morgan fingerprint density at radius 2 is 1.96 bits per heavy atom. The molecule has 1 amide bonds. The maximum Gasteiger partial charge on any atom is 0.270 e. The number of rotatable bonds is 3. The Kier molecular flexibility index (Phi) is 4.52. The summed E-state index contributed by atoms with van der Waals surface area (Å²) in [6.45, 7) is 10.4. The second-order valence-corrected chi connectivity index (χ2v) is 7.24. The number of hydrogen-bond donors (Lipinski definition) is 0. The van der Waals surface area contributed by atoms with Crippen molar-refractivity contribution >= 4 is 16.8 Å². The van der Waals surface area contributed by atoms with Crippen LogP contribution in [0.25, 0.3) is 10.9 Å². The number of aromatic nitrogens is 1. The molecule has 3 heterocycles. The van der Waals surface area contributed by atoms with Crippen molar-refractivity contribution < 1.29 is 9.53 Å². The lowest BCUT2D eigenvalue weighted by atomic mass is 10.0. The van der Waals surface area contributed by atoms with Gasteiger partial charge in [-0.2, -0.15) is 0 Å². The highest BCUT2D eigenvalue weighted by atomic mass is 16.5. The Bertz CT molecular complexity index is 763. The van der Waals surface area contributed by atoms with Crippen molar-refractivity contribution in [3.63, 3.8) is 0 Å². The summed E-state index contributed by atoms with van der Waals surface area (Å²) < 4.78 is 7.62. The van der Waals surface area contributed by atoms with Gasteiger partial charge in [0.1, 0.15) is 5.69 Å². The van der Waals surface area contributed by atoms with Gasteiger partial charge < -0.3 is 14.2 Å². The van der Waals surface area contributed by atoms with Gasteiger partial charge in [0.15, 0.2) is 0 Å². The number of fused-ring (bicyclic) bond motifs is 1. The summed E-state index contributed by atoms with van der Waals surface area (Å²) in [5.41, 5.74) is 1.96. The van der Waals surface area contributed by atoms with E-state index in [1.54, 1.807) is 0 Å². The normalized spacial score (nSPS) is 25.0. The van der Waals surface area contributed by atoms with E-state index in [-0.39, 0.29) is 5.91 Å². The number of carbonyl (C=O) groups excluding carboxylic acids is 1. The van der Waals surface area contributed by atoms with Gasteiger partial charge >= 0.3 is 0 Å². The first-order valence-electron chi connectivity index (χ1n) is 9.38. The zero-order chi connectivity index (χ0) is 17.4. The molecule has 0 N–H and O–H groups in total. The maximum atomic E-state index is 13.2. The summed E-state index contributed by atoms with van der Waals surface area (Å²) in [6, 6.07) is 10.7. The lowest BCUT2D eigenvalue weighted by Gasteiger charge is -2.34. The van der Waals surface area contributed by atoms with Crippen LogP contribution in [0.3, 0.4) is 0 Å². The monoisotopic (exact) mass is 341 g/mol. The first-order valence-corrected chi connectivity index (χ1v) is 9.38. The highest BCUT2D eigenvalue weighted by molar-refractivity contribution is 5.99. The van der Waals surface area contributed by atoms with E-state index in [4.69, 9.17) is 4.74 Å². The zero-order valence-electron chi connectivity index (χ0n) is 15.1. The number of ether oxygens (including phenoxy) is 1. The molecule has 2 fully saturated rings. The summed E-state index contributed by atoms with van der Waals surface area (Å²) in [5.74, 6) is 0.669. The third kappa shape index (κ3) is 2.96. The van der Waals surface area contributed by atoms with E-state index >= 15 is 0 Å². The smallest absolute Gasteiger partial charge is 0.270 e. The van der Waals surface area contributed by atoms with E-state index in [0.717, 1.165) is 62.5 Å². The number of amides is 1. The fourth-order valence-corrected chi connectivity index (χ4v) is 4.39. The number of para-hydroxylation sites is 1. The van der Waals surface area contributed by atoms with E-state index in [9.17, 15) is 4.79 Å². The van der Waals surface area contributed by atoms with Gasteiger partial charge in [0.2, 0.25) is 0 Å². The summed E-state index contributed by atoms with van der Waals surface area (Å²) in [6.07, 6.45) is 0. The molecule has 2 atom stereocenters. The Hall–Kier alpha value is -1.85. The van der Waals surface area contributed by atoms with Crippen molar-refractivity contribution in [1.29, 1.82) is 0 Å². The Morgan fingerprint density at radius 1 is 1.20 bits per heavy atom. The molecule has 2 aliphatic rings. The van der Waals surface area contributed by atoms with Crippen LogP contribution >= 0.6 is 0 Å². The zero-order valence-corrected chi connectivity index (χ0v) is 15.1. The highest BCUT2D eigenvalue weighted by Crippen LogP contribution is 2.26. The highest BCUT2D eigenvalue weighted by Gasteiger charge is 2.37. The summed E-state index contributed by atoms with van der Waals surface area (Å²) in [5, 5.41) is 1.14. The molecule has 0 saturated carbocycles. The van der Waals surface area contributed by atoms with E-state index in [1.165, 1.54) is 0 Å². The standard InChI is InChI=1S/C20H27N3O2/c1-3-23-17-7-5-4-6-16(17)12-18(23)20(24)22-13-15(2)19(14-22)21-8-10-25-11-9-21/h4-7,12,15,19H,3,8-11,13-14H2,1-2H3. The predicted octanol–water partition coefficient (Wildman–Crippen LogP) is 2.45. The van der Waals surface area contributed by atoms with Crippen LogP contribution in [-0.4, -0.2) is 65.7 Å².